The molecule has 1 aromatic rings. The quantitative estimate of drug-likeness (QED) is 0.585. The smallest absolute Gasteiger partial charge is 0.286 e. The summed E-state index contributed by atoms with van der Waals surface area (Å²) in [6, 6.07) is 2.40. The van der Waals surface area contributed by atoms with E-state index in [0.717, 1.165) is 6.07 Å². The summed E-state index contributed by atoms with van der Waals surface area (Å²) in [4.78, 5) is 0. The maximum atomic E-state index is 13.1. The van der Waals surface area contributed by atoms with Crippen LogP contribution in [-0.2, 0) is 5.66 Å². The number of hydrogen-bond acceptors (Lipinski definition) is 1. The van der Waals surface area contributed by atoms with E-state index in [0.29, 0.717) is 5.56 Å². The fourth-order valence-electron chi connectivity index (χ4n) is 0.947. The lowest BCUT2D eigenvalue weighted by Crippen LogP contribution is -2.08. The Labute approximate surface area is 90.1 Å². The lowest BCUT2D eigenvalue weighted by atomic mass is 10.1. The van der Waals surface area contributed by atoms with Gasteiger partial charge >= 0.3 is 0 Å². The van der Waals surface area contributed by atoms with E-state index in [2.05, 4.69) is 0 Å². The fraction of sp³-hybridized carbons (Fsp3) is 0.400. The van der Waals surface area contributed by atoms with Gasteiger partial charge < -0.3 is 5.73 Å². The summed E-state index contributed by atoms with van der Waals surface area (Å²) in [6.45, 7) is 5.56. The Morgan fingerprint density at radius 2 is 1.73 bits per heavy atom. The standard InChI is InChI=1S/C8H9F3NP.C2H6/c1-4-2-3-5(8(10,11)13)6(9)7(4)12;1-2/h2-3H,12-13H2,1H3;1-2H3. The predicted octanol–water partition coefficient (Wildman–Crippen LogP) is 3.67. The zero-order valence-corrected chi connectivity index (χ0v) is 10.1. The van der Waals surface area contributed by atoms with Gasteiger partial charge in [0.25, 0.3) is 5.66 Å². The molecule has 1 unspecified atom stereocenters. The summed E-state index contributed by atoms with van der Waals surface area (Å²) in [7, 11) is 1.27. The van der Waals surface area contributed by atoms with Crippen LogP contribution in [0.15, 0.2) is 12.1 Å². The highest BCUT2D eigenvalue weighted by Crippen LogP contribution is 2.38. The second-order valence-corrected chi connectivity index (χ2v) is 3.51. The van der Waals surface area contributed by atoms with Crippen molar-refractivity contribution in [3.05, 3.63) is 29.1 Å². The number of halogens is 3. The van der Waals surface area contributed by atoms with Gasteiger partial charge in [0.05, 0.1) is 11.3 Å². The normalized spacial score (nSPS) is 10.6. The summed E-state index contributed by atoms with van der Waals surface area (Å²) in [5, 5.41) is 0. The highest BCUT2D eigenvalue weighted by atomic mass is 31.0. The van der Waals surface area contributed by atoms with E-state index in [4.69, 9.17) is 5.73 Å². The number of alkyl halides is 2. The second kappa shape index (κ2) is 5.36. The predicted molar refractivity (Wildman–Crippen MR) is 60.5 cm³/mol. The van der Waals surface area contributed by atoms with Crippen LogP contribution in [0.3, 0.4) is 0 Å². The molecule has 2 N–H and O–H groups in total. The first kappa shape index (κ1) is 14.2. The van der Waals surface area contributed by atoms with Crippen molar-refractivity contribution in [2.75, 3.05) is 5.73 Å². The summed E-state index contributed by atoms with van der Waals surface area (Å²) in [5.74, 6) is -1.04. The van der Waals surface area contributed by atoms with E-state index in [1.54, 1.807) is 6.92 Å². The van der Waals surface area contributed by atoms with E-state index in [9.17, 15) is 13.2 Å². The molecular formula is C10H15F3NP. The molecule has 0 saturated heterocycles. The van der Waals surface area contributed by atoms with Crippen LogP contribution in [0.5, 0.6) is 0 Å². The molecule has 86 valence electrons. The maximum absolute atomic E-state index is 13.1. The first-order valence-electron chi connectivity index (χ1n) is 4.55. The largest absolute Gasteiger partial charge is 0.396 e. The molecule has 0 aliphatic heterocycles. The lowest BCUT2D eigenvalue weighted by molar-refractivity contribution is 0.0994. The van der Waals surface area contributed by atoms with Crippen LogP contribution in [0.1, 0.15) is 25.0 Å². The van der Waals surface area contributed by atoms with Gasteiger partial charge in [0.15, 0.2) is 5.82 Å². The van der Waals surface area contributed by atoms with Gasteiger partial charge in [-0.3, -0.25) is 0 Å². The SMILES string of the molecule is CC.Cc1ccc(C(F)(F)P)c(F)c1N. The number of nitrogens with two attached hydrogens (primary N) is 1. The highest BCUT2D eigenvalue weighted by molar-refractivity contribution is 7.17. The Morgan fingerprint density at radius 3 is 2.13 bits per heavy atom. The molecule has 5 heteroatoms. The second-order valence-electron chi connectivity index (χ2n) is 2.78. The maximum Gasteiger partial charge on any atom is 0.286 e. The van der Waals surface area contributed by atoms with Crippen LogP contribution in [0, 0.1) is 12.7 Å². The van der Waals surface area contributed by atoms with Crippen LogP contribution in [0.2, 0.25) is 0 Å². The Balaban J connectivity index is 0.000000921. The van der Waals surface area contributed by atoms with Gasteiger partial charge in [-0.15, -0.1) is 0 Å². The topological polar surface area (TPSA) is 26.0 Å². The fourth-order valence-corrected chi connectivity index (χ4v) is 1.17. The van der Waals surface area contributed by atoms with E-state index < -0.39 is 17.0 Å². The molecular weight excluding hydrogens is 222 g/mol. The summed E-state index contributed by atoms with van der Waals surface area (Å²) in [5.41, 5.74) is 1.53. The molecule has 1 nitrogen and oxygen atoms in total. The molecule has 0 bridgehead atoms. The van der Waals surface area contributed by atoms with Crippen molar-refractivity contribution in [2.24, 2.45) is 0 Å². The molecule has 0 amide bonds. The minimum absolute atomic E-state index is 0.223. The molecule has 0 fully saturated rings. The number of nitrogen functional groups attached to an aromatic ring is 1. The van der Waals surface area contributed by atoms with Gasteiger partial charge in [-0.25, -0.2) is 4.39 Å². The zero-order chi connectivity index (χ0) is 12.2. The molecule has 0 spiro atoms. The zero-order valence-electron chi connectivity index (χ0n) is 8.94. The Kier molecular flexibility index (Phi) is 5.09. The van der Waals surface area contributed by atoms with E-state index in [-0.39, 0.29) is 5.69 Å². The Bertz CT molecular complexity index is 334. The Morgan fingerprint density at radius 1 is 1.27 bits per heavy atom. The molecule has 0 saturated carbocycles. The van der Waals surface area contributed by atoms with Crippen LogP contribution < -0.4 is 5.73 Å². The average molecular weight is 237 g/mol. The van der Waals surface area contributed by atoms with Gasteiger partial charge in [-0.2, -0.15) is 8.78 Å². The van der Waals surface area contributed by atoms with Crippen molar-refractivity contribution in [3.63, 3.8) is 0 Å². The number of benzene rings is 1. The molecule has 0 aromatic heterocycles. The highest BCUT2D eigenvalue weighted by Gasteiger charge is 2.29. The van der Waals surface area contributed by atoms with Crippen LogP contribution in [0.4, 0.5) is 18.9 Å². The molecule has 15 heavy (non-hydrogen) atoms. The minimum Gasteiger partial charge on any atom is -0.396 e. The van der Waals surface area contributed by atoms with Gasteiger partial charge in [0.1, 0.15) is 0 Å². The van der Waals surface area contributed by atoms with Crippen molar-refractivity contribution in [2.45, 2.75) is 26.4 Å². The first-order valence-corrected chi connectivity index (χ1v) is 5.13. The van der Waals surface area contributed by atoms with Crippen molar-refractivity contribution < 1.29 is 13.2 Å². The number of rotatable bonds is 1. The third-order valence-electron chi connectivity index (χ3n) is 1.76. The average Bonchev–Trinajstić information content (AvgIpc) is 2.15. The van der Waals surface area contributed by atoms with Gasteiger partial charge in [0.2, 0.25) is 0 Å². The van der Waals surface area contributed by atoms with E-state index in [1.807, 2.05) is 13.8 Å². The van der Waals surface area contributed by atoms with Crippen molar-refractivity contribution >= 4 is 14.9 Å². The monoisotopic (exact) mass is 237 g/mol. The lowest BCUT2D eigenvalue weighted by Gasteiger charge is -2.13. The molecule has 0 aliphatic rings. The molecule has 1 atom stereocenters. The number of aryl methyl sites for hydroxylation is 1. The minimum atomic E-state index is -3.27. The van der Waals surface area contributed by atoms with Crippen LogP contribution in [-0.4, -0.2) is 0 Å². The number of anilines is 1. The van der Waals surface area contributed by atoms with Gasteiger partial charge in [-0.05, 0) is 18.6 Å². The number of hydrogen-bond donors (Lipinski definition) is 1. The molecule has 0 radical (unpaired) electrons. The Hall–Kier alpha value is -0.760. The third kappa shape index (κ3) is 3.38. The van der Waals surface area contributed by atoms with E-state index >= 15 is 0 Å². The van der Waals surface area contributed by atoms with Gasteiger partial charge in [0, 0.05) is 0 Å². The van der Waals surface area contributed by atoms with Crippen LogP contribution >= 0.6 is 9.24 Å². The third-order valence-corrected chi connectivity index (χ3v) is 2.07. The summed E-state index contributed by atoms with van der Waals surface area (Å²) < 4.78 is 38.5. The molecule has 1 aromatic carbocycles. The van der Waals surface area contributed by atoms with Crippen LogP contribution in [0.25, 0.3) is 0 Å². The molecule has 0 heterocycles. The van der Waals surface area contributed by atoms with E-state index in [1.165, 1.54) is 15.3 Å². The molecule has 0 aliphatic carbocycles. The molecule has 1 rings (SSSR count). The summed E-state index contributed by atoms with van der Waals surface area (Å²) in [6.07, 6.45) is 0. The first-order chi connectivity index (χ1) is 6.84. The van der Waals surface area contributed by atoms with Crippen molar-refractivity contribution in [3.8, 4) is 0 Å². The van der Waals surface area contributed by atoms with Crippen molar-refractivity contribution in [1.82, 2.24) is 0 Å². The van der Waals surface area contributed by atoms with Crippen molar-refractivity contribution in [1.29, 1.82) is 0 Å². The van der Waals surface area contributed by atoms with Gasteiger partial charge in [-0.1, -0.05) is 29.2 Å². The summed E-state index contributed by atoms with van der Waals surface area (Å²) >= 11 is 0.